The van der Waals surface area contributed by atoms with Crippen LogP contribution in [0.4, 0.5) is 4.39 Å². The molecule has 0 saturated carbocycles. The highest BCUT2D eigenvalue weighted by Crippen LogP contribution is 2.24. The Labute approximate surface area is 137 Å². The van der Waals surface area contributed by atoms with Gasteiger partial charge in [-0.3, -0.25) is 0 Å². The molecule has 0 saturated heterocycles. The van der Waals surface area contributed by atoms with Gasteiger partial charge in [-0.05, 0) is 54.2 Å². The molecule has 0 aliphatic carbocycles. The molecule has 2 aromatic rings. The first-order valence-corrected chi connectivity index (χ1v) is 8.20. The zero-order valence-electron chi connectivity index (χ0n) is 10.8. The van der Waals surface area contributed by atoms with E-state index in [0.717, 1.165) is 28.8 Å². The third-order valence-electron chi connectivity index (χ3n) is 3.18. The van der Waals surface area contributed by atoms with Crippen LogP contribution in [0.2, 0.25) is 10.0 Å². The van der Waals surface area contributed by atoms with Crippen LogP contribution in [0.15, 0.2) is 42.5 Å². The van der Waals surface area contributed by atoms with E-state index in [0.29, 0.717) is 10.9 Å². The molecule has 0 bridgehead atoms. The van der Waals surface area contributed by atoms with Crippen molar-refractivity contribution in [3.05, 3.63) is 69.5 Å². The van der Waals surface area contributed by atoms with Gasteiger partial charge < -0.3 is 0 Å². The van der Waals surface area contributed by atoms with Crippen molar-refractivity contribution in [3.63, 3.8) is 0 Å². The van der Waals surface area contributed by atoms with Crippen LogP contribution in [0.25, 0.3) is 0 Å². The summed E-state index contributed by atoms with van der Waals surface area (Å²) in [6.07, 6.45) is 1.74. The Bertz CT molecular complexity index is 569. The first-order chi connectivity index (χ1) is 9.58. The van der Waals surface area contributed by atoms with E-state index in [1.54, 1.807) is 6.07 Å². The van der Waals surface area contributed by atoms with Crippen molar-refractivity contribution in [1.82, 2.24) is 0 Å². The fraction of sp³-hybridized carbons (Fsp3) is 0.250. The average Bonchev–Trinajstić information content (AvgIpc) is 2.43. The van der Waals surface area contributed by atoms with E-state index in [4.69, 9.17) is 23.2 Å². The van der Waals surface area contributed by atoms with Gasteiger partial charge >= 0.3 is 0 Å². The molecule has 0 amide bonds. The van der Waals surface area contributed by atoms with Gasteiger partial charge in [0.1, 0.15) is 5.82 Å². The molecule has 0 aromatic heterocycles. The van der Waals surface area contributed by atoms with E-state index in [-0.39, 0.29) is 5.82 Å². The Balaban J connectivity index is 2.07. The second kappa shape index (κ2) is 7.44. The Morgan fingerprint density at radius 3 is 2.30 bits per heavy atom. The Morgan fingerprint density at radius 1 is 1.00 bits per heavy atom. The summed E-state index contributed by atoms with van der Waals surface area (Å²) in [5.41, 5.74) is 2.21. The van der Waals surface area contributed by atoms with Gasteiger partial charge in [-0.1, -0.05) is 57.3 Å². The van der Waals surface area contributed by atoms with Gasteiger partial charge in [0.25, 0.3) is 0 Å². The van der Waals surface area contributed by atoms with Crippen LogP contribution in [0.1, 0.15) is 11.1 Å². The van der Waals surface area contributed by atoms with Gasteiger partial charge in [-0.2, -0.15) is 0 Å². The average molecular weight is 376 g/mol. The second-order valence-corrected chi connectivity index (χ2v) is 6.28. The predicted octanol–water partition coefficient (Wildman–Crippen LogP) is 5.93. The fourth-order valence-corrected chi connectivity index (χ4v) is 2.96. The molecule has 0 N–H and O–H groups in total. The number of benzene rings is 2. The third kappa shape index (κ3) is 4.47. The summed E-state index contributed by atoms with van der Waals surface area (Å²) in [7, 11) is 0. The van der Waals surface area contributed by atoms with Crippen molar-refractivity contribution in [2.45, 2.75) is 12.8 Å². The van der Waals surface area contributed by atoms with E-state index in [1.807, 2.05) is 24.3 Å². The summed E-state index contributed by atoms with van der Waals surface area (Å²) < 4.78 is 13.0. The molecule has 1 atom stereocenters. The van der Waals surface area contributed by atoms with Crippen molar-refractivity contribution in [2.75, 3.05) is 5.33 Å². The predicted molar refractivity (Wildman–Crippen MR) is 87.6 cm³/mol. The van der Waals surface area contributed by atoms with Crippen molar-refractivity contribution >= 4 is 39.1 Å². The Hall–Kier alpha value is -0.570. The zero-order valence-corrected chi connectivity index (χ0v) is 13.8. The molecule has 20 heavy (non-hydrogen) atoms. The van der Waals surface area contributed by atoms with Gasteiger partial charge in [0.2, 0.25) is 0 Å². The van der Waals surface area contributed by atoms with Crippen LogP contribution in [0.5, 0.6) is 0 Å². The molecule has 0 nitrogen and oxygen atoms in total. The molecule has 2 rings (SSSR count). The number of hydrogen-bond acceptors (Lipinski definition) is 0. The molecule has 1 unspecified atom stereocenters. The van der Waals surface area contributed by atoms with Gasteiger partial charge in [-0.15, -0.1) is 0 Å². The summed E-state index contributed by atoms with van der Waals surface area (Å²) in [5, 5.41) is 2.10. The highest BCUT2D eigenvalue weighted by atomic mass is 79.9. The lowest BCUT2D eigenvalue weighted by Gasteiger charge is -2.15. The topological polar surface area (TPSA) is 0 Å². The number of alkyl halides is 1. The van der Waals surface area contributed by atoms with E-state index < -0.39 is 0 Å². The normalized spacial score (nSPS) is 12.4. The van der Waals surface area contributed by atoms with Crippen molar-refractivity contribution in [3.8, 4) is 0 Å². The van der Waals surface area contributed by atoms with Crippen molar-refractivity contribution in [1.29, 1.82) is 0 Å². The minimum Gasteiger partial charge on any atom is -0.207 e. The molecular weight excluding hydrogens is 362 g/mol. The van der Waals surface area contributed by atoms with Crippen LogP contribution < -0.4 is 0 Å². The highest BCUT2D eigenvalue weighted by molar-refractivity contribution is 9.09. The lowest BCUT2D eigenvalue weighted by atomic mass is 9.94. The largest absolute Gasteiger partial charge is 0.207 e. The number of rotatable bonds is 5. The van der Waals surface area contributed by atoms with Gasteiger partial charge in [0.15, 0.2) is 0 Å². The maximum Gasteiger partial charge on any atom is 0.124 e. The summed E-state index contributed by atoms with van der Waals surface area (Å²) in [4.78, 5) is 0. The molecule has 0 aliphatic rings. The second-order valence-electron chi connectivity index (χ2n) is 4.79. The maximum absolute atomic E-state index is 13.0. The van der Waals surface area contributed by atoms with Crippen molar-refractivity contribution < 1.29 is 4.39 Å². The molecule has 0 fully saturated rings. The molecule has 2 aromatic carbocycles. The van der Waals surface area contributed by atoms with Crippen LogP contribution in [0.3, 0.4) is 0 Å². The van der Waals surface area contributed by atoms with E-state index in [1.165, 1.54) is 17.7 Å². The molecule has 0 spiro atoms. The van der Waals surface area contributed by atoms with Crippen LogP contribution in [0, 0.1) is 11.7 Å². The highest BCUT2D eigenvalue weighted by Gasteiger charge is 2.12. The van der Waals surface area contributed by atoms with Crippen LogP contribution in [-0.2, 0) is 12.8 Å². The smallest absolute Gasteiger partial charge is 0.124 e. The molecule has 106 valence electrons. The molecule has 0 heterocycles. The van der Waals surface area contributed by atoms with Crippen molar-refractivity contribution in [2.24, 2.45) is 5.92 Å². The molecule has 0 aliphatic heterocycles. The standard InChI is InChI=1S/C16H14BrCl2F/c17-10-12(7-11-1-4-14(18)5-2-11)8-13-3-6-15(20)9-16(13)19/h1-6,9,12H,7-8,10H2. The van der Waals surface area contributed by atoms with Gasteiger partial charge in [0.05, 0.1) is 0 Å². The fourth-order valence-electron chi connectivity index (χ4n) is 2.13. The Morgan fingerprint density at radius 2 is 1.70 bits per heavy atom. The lowest BCUT2D eigenvalue weighted by Crippen LogP contribution is -2.10. The van der Waals surface area contributed by atoms with E-state index in [2.05, 4.69) is 15.9 Å². The summed E-state index contributed by atoms with van der Waals surface area (Å²) in [6.45, 7) is 0. The monoisotopic (exact) mass is 374 g/mol. The van der Waals surface area contributed by atoms with E-state index >= 15 is 0 Å². The minimum absolute atomic E-state index is 0.299. The first kappa shape index (κ1) is 15.8. The van der Waals surface area contributed by atoms with Crippen LogP contribution >= 0.6 is 39.1 Å². The summed E-state index contributed by atoms with van der Waals surface area (Å²) >= 11 is 15.5. The maximum atomic E-state index is 13.0. The van der Waals surface area contributed by atoms with Gasteiger partial charge in [-0.25, -0.2) is 4.39 Å². The zero-order chi connectivity index (χ0) is 14.5. The molecule has 0 radical (unpaired) electrons. The molecular formula is C16H14BrCl2F. The summed E-state index contributed by atoms with van der Waals surface area (Å²) in [6, 6.07) is 12.4. The minimum atomic E-state index is -0.299. The Kier molecular flexibility index (Phi) is 5.88. The first-order valence-electron chi connectivity index (χ1n) is 6.33. The third-order valence-corrected chi connectivity index (χ3v) is 4.70. The van der Waals surface area contributed by atoms with Crippen LogP contribution in [-0.4, -0.2) is 5.33 Å². The quantitative estimate of drug-likeness (QED) is 0.568. The summed E-state index contributed by atoms with van der Waals surface area (Å²) in [5.74, 6) is 0.103. The van der Waals surface area contributed by atoms with Gasteiger partial charge in [0, 0.05) is 15.4 Å². The number of halogens is 4. The lowest BCUT2D eigenvalue weighted by molar-refractivity contribution is 0.588. The SMILES string of the molecule is Fc1ccc(CC(CBr)Cc2ccc(Cl)cc2)c(Cl)c1. The van der Waals surface area contributed by atoms with E-state index in [9.17, 15) is 4.39 Å². The number of hydrogen-bond donors (Lipinski definition) is 0. The molecule has 4 heteroatoms.